The van der Waals surface area contributed by atoms with Gasteiger partial charge >= 0.3 is 5.97 Å². The van der Waals surface area contributed by atoms with E-state index in [0.29, 0.717) is 5.82 Å². The summed E-state index contributed by atoms with van der Waals surface area (Å²) in [7, 11) is 1.64. The SMILES string of the molecule is Cc1cccc(-c2nc(Cl)c(C(=O)O)n2C)c1. The molecule has 17 heavy (non-hydrogen) atoms. The van der Waals surface area contributed by atoms with E-state index in [1.807, 2.05) is 31.2 Å². The van der Waals surface area contributed by atoms with E-state index in [4.69, 9.17) is 16.7 Å². The first-order valence-corrected chi connectivity index (χ1v) is 5.41. The molecule has 1 N–H and O–H groups in total. The summed E-state index contributed by atoms with van der Waals surface area (Å²) in [4.78, 5) is 15.1. The molecule has 0 saturated carbocycles. The summed E-state index contributed by atoms with van der Waals surface area (Å²) in [6.07, 6.45) is 0. The van der Waals surface area contributed by atoms with Gasteiger partial charge in [-0.2, -0.15) is 0 Å². The van der Waals surface area contributed by atoms with Crippen LogP contribution in [0.5, 0.6) is 0 Å². The third-order valence-electron chi connectivity index (χ3n) is 2.53. The molecule has 2 rings (SSSR count). The molecule has 88 valence electrons. The second-order valence-corrected chi connectivity index (χ2v) is 4.17. The molecular weight excluding hydrogens is 240 g/mol. The maximum Gasteiger partial charge on any atom is 0.355 e. The van der Waals surface area contributed by atoms with Gasteiger partial charge in [-0.15, -0.1) is 0 Å². The van der Waals surface area contributed by atoms with Crippen molar-refractivity contribution in [3.8, 4) is 11.4 Å². The van der Waals surface area contributed by atoms with E-state index in [0.717, 1.165) is 11.1 Å². The lowest BCUT2D eigenvalue weighted by Crippen LogP contribution is -2.05. The van der Waals surface area contributed by atoms with Gasteiger partial charge in [0.25, 0.3) is 0 Å². The van der Waals surface area contributed by atoms with Gasteiger partial charge in [0.2, 0.25) is 0 Å². The van der Waals surface area contributed by atoms with Crippen LogP contribution in [-0.4, -0.2) is 20.6 Å². The van der Waals surface area contributed by atoms with Crippen LogP contribution in [-0.2, 0) is 7.05 Å². The molecule has 0 amide bonds. The topological polar surface area (TPSA) is 55.1 Å². The van der Waals surface area contributed by atoms with Gasteiger partial charge in [0.1, 0.15) is 5.82 Å². The minimum absolute atomic E-state index is 0.00294. The molecule has 1 aromatic carbocycles. The van der Waals surface area contributed by atoms with Gasteiger partial charge in [0.05, 0.1) is 0 Å². The Bertz CT molecular complexity index is 590. The van der Waals surface area contributed by atoms with Crippen LogP contribution >= 0.6 is 11.6 Å². The third kappa shape index (κ3) is 2.03. The molecule has 0 atom stereocenters. The maximum absolute atomic E-state index is 11.0. The lowest BCUT2D eigenvalue weighted by Gasteiger charge is -2.03. The van der Waals surface area contributed by atoms with Crippen LogP contribution in [0, 0.1) is 6.92 Å². The van der Waals surface area contributed by atoms with Crippen molar-refractivity contribution in [1.82, 2.24) is 9.55 Å². The van der Waals surface area contributed by atoms with Crippen LogP contribution in [0.2, 0.25) is 5.15 Å². The zero-order valence-corrected chi connectivity index (χ0v) is 10.2. The van der Waals surface area contributed by atoms with Crippen molar-refractivity contribution < 1.29 is 9.90 Å². The fourth-order valence-electron chi connectivity index (χ4n) is 1.74. The highest BCUT2D eigenvalue weighted by Crippen LogP contribution is 2.24. The summed E-state index contributed by atoms with van der Waals surface area (Å²) in [5.74, 6) is -0.528. The fourth-order valence-corrected chi connectivity index (χ4v) is 2.03. The van der Waals surface area contributed by atoms with Gasteiger partial charge in [-0.05, 0) is 13.0 Å². The number of nitrogens with zero attached hydrogens (tertiary/aromatic N) is 2. The lowest BCUT2D eigenvalue weighted by atomic mass is 10.1. The number of aryl methyl sites for hydroxylation is 1. The molecule has 1 heterocycles. The number of halogens is 1. The average Bonchev–Trinajstić information content (AvgIpc) is 2.54. The van der Waals surface area contributed by atoms with Crippen LogP contribution in [0.15, 0.2) is 24.3 Å². The first-order chi connectivity index (χ1) is 8.00. The molecule has 0 radical (unpaired) electrons. The van der Waals surface area contributed by atoms with Crippen LogP contribution < -0.4 is 0 Å². The number of hydrogen-bond acceptors (Lipinski definition) is 2. The second kappa shape index (κ2) is 4.22. The molecule has 0 aliphatic rings. The Hall–Kier alpha value is -1.81. The van der Waals surface area contributed by atoms with Crippen LogP contribution in [0.25, 0.3) is 11.4 Å². The van der Waals surface area contributed by atoms with Crippen LogP contribution in [0.4, 0.5) is 0 Å². The van der Waals surface area contributed by atoms with Crippen molar-refractivity contribution in [2.75, 3.05) is 0 Å². The molecule has 0 aliphatic carbocycles. The molecule has 4 nitrogen and oxygen atoms in total. The summed E-state index contributed by atoms with van der Waals surface area (Å²) in [5, 5.41) is 9.03. The quantitative estimate of drug-likeness (QED) is 0.892. The minimum atomic E-state index is -1.08. The number of hydrogen-bond donors (Lipinski definition) is 1. The zero-order valence-electron chi connectivity index (χ0n) is 9.44. The predicted molar refractivity (Wildman–Crippen MR) is 65.4 cm³/mol. The van der Waals surface area contributed by atoms with E-state index in [1.54, 1.807) is 7.05 Å². The Balaban J connectivity index is 2.62. The number of carbonyl (C=O) groups is 1. The Labute approximate surface area is 103 Å². The molecule has 0 aliphatic heterocycles. The number of aromatic carboxylic acids is 1. The smallest absolute Gasteiger partial charge is 0.355 e. The van der Waals surface area contributed by atoms with E-state index in [-0.39, 0.29) is 10.8 Å². The zero-order chi connectivity index (χ0) is 12.6. The number of benzene rings is 1. The first-order valence-electron chi connectivity index (χ1n) is 5.03. The molecular formula is C12H11ClN2O2. The first kappa shape index (κ1) is 11.7. The van der Waals surface area contributed by atoms with Crippen molar-refractivity contribution in [3.63, 3.8) is 0 Å². The van der Waals surface area contributed by atoms with Gasteiger partial charge < -0.3 is 9.67 Å². The molecule has 0 fully saturated rings. The number of aromatic nitrogens is 2. The normalized spacial score (nSPS) is 10.5. The summed E-state index contributed by atoms with van der Waals surface area (Å²) >= 11 is 5.82. The van der Waals surface area contributed by atoms with E-state index in [9.17, 15) is 4.79 Å². The highest BCUT2D eigenvalue weighted by atomic mass is 35.5. The van der Waals surface area contributed by atoms with Gasteiger partial charge in [0, 0.05) is 12.6 Å². The lowest BCUT2D eigenvalue weighted by molar-refractivity contribution is 0.0687. The number of rotatable bonds is 2. The molecule has 2 aromatic rings. The summed E-state index contributed by atoms with van der Waals surface area (Å²) in [6.45, 7) is 1.96. The van der Waals surface area contributed by atoms with Gasteiger partial charge in [-0.3, -0.25) is 0 Å². The maximum atomic E-state index is 11.0. The summed E-state index contributed by atoms with van der Waals surface area (Å²) in [5.41, 5.74) is 1.93. The van der Waals surface area contributed by atoms with Crippen molar-refractivity contribution >= 4 is 17.6 Å². The fraction of sp³-hybridized carbons (Fsp3) is 0.167. The number of carboxylic acids is 1. The Morgan fingerprint density at radius 1 is 1.47 bits per heavy atom. The van der Waals surface area contributed by atoms with Gasteiger partial charge in [-0.1, -0.05) is 35.4 Å². The minimum Gasteiger partial charge on any atom is -0.476 e. The van der Waals surface area contributed by atoms with E-state index >= 15 is 0 Å². The number of carboxylic acid groups (broad SMARTS) is 1. The Morgan fingerprint density at radius 2 is 2.18 bits per heavy atom. The van der Waals surface area contributed by atoms with Crippen LogP contribution in [0.1, 0.15) is 16.1 Å². The second-order valence-electron chi connectivity index (χ2n) is 3.81. The van der Waals surface area contributed by atoms with Crippen molar-refractivity contribution in [3.05, 3.63) is 40.7 Å². The Morgan fingerprint density at radius 3 is 2.71 bits per heavy atom. The molecule has 0 spiro atoms. The molecule has 0 unspecified atom stereocenters. The van der Waals surface area contributed by atoms with E-state index in [2.05, 4.69) is 4.98 Å². The van der Waals surface area contributed by atoms with Crippen molar-refractivity contribution in [1.29, 1.82) is 0 Å². The Kier molecular flexibility index (Phi) is 2.90. The molecule has 0 bridgehead atoms. The monoisotopic (exact) mass is 250 g/mol. The highest BCUT2D eigenvalue weighted by Gasteiger charge is 2.19. The molecule has 1 aromatic heterocycles. The molecule has 5 heteroatoms. The summed E-state index contributed by atoms with van der Waals surface area (Å²) < 4.78 is 1.49. The average molecular weight is 251 g/mol. The standard InChI is InChI=1S/C12H11ClN2O2/c1-7-4-3-5-8(6-7)11-14-10(13)9(12(16)17)15(11)2/h3-6H,1-2H3,(H,16,17). The molecule has 0 saturated heterocycles. The summed E-state index contributed by atoms with van der Waals surface area (Å²) in [6, 6.07) is 7.67. The van der Waals surface area contributed by atoms with Gasteiger partial charge in [-0.25, -0.2) is 9.78 Å². The highest BCUT2D eigenvalue weighted by molar-refractivity contribution is 6.32. The van der Waals surface area contributed by atoms with Crippen molar-refractivity contribution in [2.24, 2.45) is 7.05 Å². The van der Waals surface area contributed by atoms with E-state index < -0.39 is 5.97 Å². The van der Waals surface area contributed by atoms with E-state index in [1.165, 1.54) is 4.57 Å². The number of imidazole rings is 1. The van der Waals surface area contributed by atoms with Crippen LogP contribution in [0.3, 0.4) is 0 Å². The van der Waals surface area contributed by atoms with Crippen molar-refractivity contribution in [2.45, 2.75) is 6.92 Å². The van der Waals surface area contributed by atoms with Gasteiger partial charge in [0.15, 0.2) is 10.8 Å². The third-order valence-corrected chi connectivity index (χ3v) is 2.79. The largest absolute Gasteiger partial charge is 0.476 e. The predicted octanol–water partition coefficient (Wildman–Crippen LogP) is 2.75.